The molecule has 3 amide bonds. The van der Waals surface area contributed by atoms with Crippen LogP contribution < -0.4 is 5.32 Å². The summed E-state index contributed by atoms with van der Waals surface area (Å²) in [6, 6.07) is -0.748. The maximum absolute atomic E-state index is 11.8. The van der Waals surface area contributed by atoms with Crippen molar-refractivity contribution in [3.05, 3.63) is 0 Å². The van der Waals surface area contributed by atoms with Crippen molar-refractivity contribution in [2.45, 2.75) is 31.3 Å². The molecule has 0 saturated carbocycles. The van der Waals surface area contributed by atoms with E-state index in [0.29, 0.717) is 0 Å². The fraction of sp³-hybridized carbons (Fsp3) is 0.778. The van der Waals surface area contributed by atoms with Crippen molar-refractivity contribution in [2.75, 3.05) is 13.2 Å². The molecular weight excluding hydrogens is 453 g/mol. The van der Waals surface area contributed by atoms with E-state index in [9.17, 15) is 33.3 Å². The van der Waals surface area contributed by atoms with Crippen LogP contribution in [0.1, 0.15) is 12.8 Å². The number of urea groups is 1. The molecule has 0 radical (unpaired) electrons. The normalized spacial score (nSPS) is 30.6. The van der Waals surface area contributed by atoms with E-state index in [1.807, 2.05) is 0 Å². The molecule has 2 fully saturated rings. The summed E-state index contributed by atoms with van der Waals surface area (Å²) < 4.78 is 50.2. The van der Waals surface area contributed by atoms with E-state index in [0.717, 1.165) is 4.90 Å². The van der Waals surface area contributed by atoms with Gasteiger partial charge in [-0.2, -0.15) is 8.62 Å². The summed E-state index contributed by atoms with van der Waals surface area (Å²) in [5.74, 6) is -0.482. The largest absolute Gasteiger partial charge is 0.490 e. The number of ether oxygens (including phenoxy) is 1. The number of carbonyl (C=O) groups excluding carboxylic acids is 2. The minimum absolute atomic E-state index is 0.00784. The van der Waals surface area contributed by atoms with Crippen molar-refractivity contribution < 1.29 is 65.8 Å². The SMILES string of the molecule is O=C1CCN([C@H]2C[C@H](O)[C@@H](COP(=O)(O)OP(=O)(O)OP(=O)(O)O)O2)C(=O)N1. The first kappa shape index (κ1) is 23.5. The van der Waals surface area contributed by atoms with E-state index in [4.69, 9.17) is 19.4 Å². The number of imide groups is 1. The number of phosphoric acid groups is 3. The molecule has 28 heavy (non-hydrogen) atoms. The summed E-state index contributed by atoms with van der Waals surface area (Å²) in [5.41, 5.74) is 0. The first-order chi connectivity index (χ1) is 12.7. The van der Waals surface area contributed by atoms with E-state index in [1.165, 1.54) is 0 Å². The molecule has 19 heteroatoms. The quantitative estimate of drug-likeness (QED) is 0.227. The Balaban J connectivity index is 1.90. The van der Waals surface area contributed by atoms with Gasteiger partial charge in [-0.3, -0.25) is 19.5 Å². The molecule has 0 aromatic heterocycles. The molecule has 2 unspecified atom stereocenters. The lowest BCUT2D eigenvalue weighted by Crippen LogP contribution is -2.53. The molecule has 5 atom stereocenters. The molecule has 0 aromatic carbocycles. The van der Waals surface area contributed by atoms with Gasteiger partial charge in [-0.25, -0.2) is 18.5 Å². The Bertz CT molecular complexity index is 767. The van der Waals surface area contributed by atoms with Gasteiger partial charge in [0, 0.05) is 19.4 Å². The smallest absolute Gasteiger partial charge is 0.390 e. The summed E-state index contributed by atoms with van der Waals surface area (Å²) in [6.07, 6.45) is -3.62. The first-order valence-electron chi connectivity index (χ1n) is 7.40. The predicted molar refractivity (Wildman–Crippen MR) is 84.0 cm³/mol. The van der Waals surface area contributed by atoms with Crippen molar-refractivity contribution in [2.24, 2.45) is 0 Å². The average molecular weight is 470 g/mol. The third kappa shape index (κ3) is 6.95. The van der Waals surface area contributed by atoms with Crippen LogP contribution in [0.5, 0.6) is 0 Å². The first-order valence-corrected chi connectivity index (χ1v) is 11.9. The number of aliphatic hydroxyl groups excluding tert-OH is 1. The fourth-order valence-corrected chi connectivity index (χ4v) is 5.41. The topological polar surface area (TPSA) is 239 Å². The van der Waals surface area contributed by atoms with E-state index < -0.39 is 60.4 Å². The van der Waals surface area contributed by atoms with Crippen LogP contribution in [0.3, 0.4) is 0 Å². The van der Waals surface area contributed by atoms with Crippen molar-refractivity contribution >= 4 is 35.4 Å². The number of nitrogens with zero attached hydrogens (tertiary/aromatic N) is 1. The van der Waals surface area contributed by atoms with Crippen LogP contribution in [0, 0.1) is 0 Å². The lowest BCUT2D eigenvalue weighted by atomic mass is 10.2. The zero-order valence-corrected chi connectivity index (χ0v) is 16.4. The van der Waals surface area contributed by atoms with Crippen molar-refractivity contribution in [1.29, 1.82) is 0 Å². The fourth-order valence-electron chi connectivity index (χ4n) is 2.38. The molecule has 0 spiro atoms. The van der Waals surface area contributed by atoms with Gasteiger partial charge in [0.25, 0.3) is 0 Å². The summed E-state index contributed by atoms with van der Waals surface area (Å²) >= 11 is 0. The van der Waals surface area contributed by atoms with Gasteiger partial charge in [0.05, 0.1) is 12.7 Å². The van der Waals surface area contributed by atoms with Crippen molar-refractivity contribution in [1.82, 2.24) is 10.2 Å². The molecular formula is C9H17N2O14P3. The Morgan fingerprint density at radius 3 is 2.32 bits per heavy atom. The average Bonchev–Trinajstić information content (AvgIpc) is 2.82. The van der Waals surface area contributed by atoms with Gasteiger partial charge in [-0.15, -0.1) is 0 Å². The Morgan fingerprint density at radius 1 is 1.11 bits per heavy atom. The van der Waals surface area contributed by atoms with Crippen LogP contribution in [0.2, 0.25) is 0 Å². The number of aliphatic hydroxyl groups is 1. The number of hydrogen-bond donors (Lipinski definition) is 6. The van der Waals surface area contributed by atoms with E-state index >= 15 is 0 Å². The van der Waals surface area contributed by atoms with Crippen molar-refractivity contribution in [3.8, 4) is 0 Å². The molecule has 0 aromatic rings. The van der Waals surface area contributed by atoms with Gasteiger partial charge in [0.2, 0.25) is 5.91 Å². The molecule has 2 aliphatic heterocycles. The molecule has 2 saturated heterocycles. The van der Waals surface area contributed by atoms with Crippen LogP contribution in [0.15, 0.2) is 0 Å². The maximum atomic E-state index is 11.8. The van der Waals surface area contributed by atoms with E-state index in [1.54, 1.807) is 0 Å². The van der Waals surface area contributed by atoms with Crippen molar-refractivity contribution in [3.63, 3.8) is 0 Å². The van der Waals surface area contributed by atoms with Crippen LogP contribution in [-0.2, 0) is 36.4 Å². The second kappa shape index (κ2) is 8.56. The number of carbonyl (C=O) groups is 2. The zero-order chi connectivity index (χ0) is 21.3. The highest BCUT2D eigenvalue weighted by Crippen LogP contribution is 2.66. The second-order valence-electron chi connectivity index (χ2n) is 5.62. The molecule has 2 aliphatic rings. The maximum Gasteiger partial charge on any atom is 0.490 e. The van der Waals surface area contributed by atoms with Crippen LogP contribution in [0.4, 0.5) is 4.79 Å². The van der Waals surface area contributed by atoms with Crippen LogP contribution >= 0.6 is 23.5 Å². The van der Waals surface area contributed by atoms with Crippen LogP contribution in [-0.4, -0.2) is 73.1 Å². The molecule has 0 bridgehead atoms. The zero-order valence-electron chi connectivity index (χ0n) is 13.8. The molecule has 6 N–H and O–H groups in total. The summed E-state index contributed by atoms with van der Waals surface area (Å²) in [7, 11) is -16.5. The van der Waals surface area contributed by atoms with E-state index in [-0.39, 0.29) is 19.4 Å². The Kier molecular flexibility index (Phi) is 7.20. The van der Waals surface area contributed by atoms with Gasteiger partial charge < -0.3 is 29.4 Å². The summed E-state index contributed by atoms with van der Waals surface area (Å²) in [4.78, 5) is 59.3. The highest BCUT2D eigenvalue weighted by Gasteiger charge is 2.44. The van der Waals surface area contributed by atoms with Gasteiger partial charge >= 0.3 is 29.5 Å². The van der Waals surface area contributed by atoms with Gasteiger partial charge in [-0.05, 0) is 0 Å². The lowest BCUT2D eigenvalue weighted by molar-refractivity contribution is -0.123. The van der Waals surface area contributed by atoms with E-state index in [2.05, 4.69) is 18.5 Å². The van der Waals surface area contributed by atoms with Gasteiger partial charge in [0.15, 0.2) is 0 Å². The Hall–Kier alpha value is -0.730. The monoisotopic (exact) mass is 470 g/mol. The highest BCUT2D eigenvalue weighted by molar-refractivity contribution is 7.66. The lowest BCUT2D eigenvalue weighted by Gasteiger charge is -2.31. The molecule has 16 nitrogen and oxygen atoms in total. The van der Waals surface area contributed by atoms with Crippen LogP contribution in [0.25, 0.3) is 0 Å². The predicted octanol–water partition coefficient (Wildman–Crippen LogP) is -1.25. The minimum Gasteiger partial charge on any atom is -0.390 e. The number of rotatable bonds is 8. The summed E-state index contributed by atoms with van der Waals surface area (Å²) in [5, 5.41) is 12.0. The number of nitrogens with one attached hydrogen (secondary N) is 1. The number of phosphoric ester groups is 1. The second-order valence-corrected chi connectivity index (χ2v) is 10.0. The molecule has 162 valence electrons. The molecule has 2 rings (SSSR count). The Morgan fingerprint density at radius 2 is 1.75 bits per heavy atom. The standard InChI is InChI=1S/C9H17N2O14P3/c12-5-3-8(11-2-1-7(13)10-9(11)14)23-6(5)4-22-27(18,19)25-28(20,21)24-26(15,16)17/h5-6,8,12H,1-4H2,(H,18,19)(H,20,21)(H,10,13,14)(H2,15,16,17)/t5-,6+,8+/m0/s1. The molecule has 2 heterocycles. The number of hydrogen-bond acceptors (Lipinski definition) is 10. The van der Waals surface area contributed by atoms with Gasteiger partial charge in [-0.1, -0.05) is 0 Å². The highest BCUT2D eigenvalue weighted by atomic mass is 31.3. The third-order valence-corrected chi connectivity index (χ3v) is 7.26. The third-order valence-electron chi connectivity index (χ3n) is 3.46. The number of amides is 3. The van der Waals surface area contributed by atoms with Gasteiger partial charge in [0.1, 0.15) is 12.3 Å². The molecule has 0 aliphatic carbocycles. The minimum atomic E-state index is -5.66. The Labute approximate surface area is 156 Å². The summed E-state index contributed by atoms with van der Waals surface area (Å²) in [6.45, 7) is -0.833.